The molecule has 0 amide bonds. The van der Waals surface area contributed by atoms with E-state index in [9.17, 15) is 0 Å². The van der Waals surface area contributed by atoms with Crippen LogP contribution in [0, 0.1) is 0 Å². The average Bonchev–Trinajstić information content (AvgIpc) is 2.78. The third-order valence-corrected chi connectivity index (χ3v) is 2.45. The highest BCUT2D eigenvalue weighted by Gasteiger charge is 2.09. The van der Waals surface area contributed by atoms with Gasteiger partial charge in [0.25, 0.3) is 0 Å². The van der Waals surface area contributed by atoms with E-state index in [1.54, 1.807) is 4.68 Å². The van der Waals surface area contributed by atoms with Crippen LogP contribution in [-0.2, 0) is 0 Å². The molecule has 2 aromatic rings. The van der Waals surface area contributed by atoms with Gasteiger partial charge in [0.1, 0.15) is 0 Å². The van der Waals surface area contributed by atoms with Crippen LogP contribution >= 0.6 is 0 Å². The predicted molar refractivity (Wildman–Crippen MR) is 65.9 cm³/mol. The van der Waals surface area contributed by atoms with Crippen LogP contribution in [-0.4, -0.2) is 32.8 Å². The molecular weight excluding hydrogens is 216 g/mol. The molecule has 0 aliphatic heterocycles. The van der Waals surface area contributed by atoms with Gasteiger partial charge in [-0.3, -0.25) is 0 Å². The van der Waals surface area contributed by atoms with Crippen molar-refractivity contribution in [2.45, 2.75) is 19.4 Å². The third kappa shape index (κ3) is 2.79. The number of hydrogen-bond donors (Lipinski definition) is 2. The molecule has 1 heterocycles. The lowest BCUT2D eigenvalue weighted by molar-refractivity contribution is 0.701. The van der Waals surface area contributed by atoms with Crippen molar-refractivity contribution in [2.24, 2.45) is 5.73 Å². The van der Waals surface area contributed by atoms with Crippen molar-refractivity contribution in [1.82, 2.24) is 20.2 Å². The number of nitrogens with two attached hydrogens (primary N) is 1. The van der Waals surface area contributed by atoms with Gasteiger partial charge in [-0.2, -0.15) is 4.68 Å². The smallest absolute Gasteiger partial charge is 0.247 e. The van der Waals surface area contributed by atoms with Crippen LogP contribution in [0.2, 0.25) is 0 Å². The number of rotatable bonds is 5. The van der Waals surface area contributed by atoms with Crippen LogP contribution in [0.3, 0.4) is 0 Å². The molecule has 0 saturated heterocycles. The number of nitrogens with one attached hydrogen (secondary N) is 1. The minimum absolute atomic E-state index is 0.244. The Labute approximate surface area is 99.8 Å². The molecule has 6 nitrogen and oxygen atoms in total. The lowest BCUT2D eigenvalue weighted by Gasteiger charge is -2.12. The Kier molecular flexibility index (Phi) is 3.66. The highest BCUT2D eigenvalue weighted by molar-refractivity contribution is 5.38. The minimum Gasteiger partial charge on any atom is -0.350 e. The van der Waals surface area contributed by atoms with E-state index in [1.807, 2.05) is 30.3 Å². The Bertz CT molecular complexity index is 452. The fourth-order valence-corrected chi connectivity index (χ4v) is 1.56. The van der Waals surface area contributed by atoms with Gasteiger partial charge in [0.15, 0.2) is 0 Å². The SMILES string of the molecule is CC(CCN)Nc1nnnn1-c1ccccc1. The highest BCUT2D eigenvalue weighted by Crippen LogP contribution is 2.11. The van der Waals surface area contributed by atoms with Gasteiger partial charge in [0.05, 0.1) is 5.69 Å². The number of para-hydroxylation sites is 1. The maximum Gasteiger partial charge on any atom is 0.247 e. The number of hydrogen-bond acceptors (Lipinski definition) is 5. The standard InChI is InChI=1S/C11H16N6/c1-9(7-8-12)13-11-14-15-16-17(11)10-5-3-2-4-6-10/h2-6,9H,7-8,12H2,1H3,(H,13,14,16). The first-order valence-corrected chi connectivity index (χ1v) is 5.61. The topological polar surface area (TPSA) is 81.7 Å². The van der Waals surface area contributed by atoms with E-state index in [4.69, 9.17) is 5.73 Å². The normalized spacial score (nSPS) is 12.4. The van der Waals surface area contributed by atoms with E-state index in [0.717, 1.165) is 12.1 Å². The van der Waals surface area contributed by atoms with E-state index in [-0.39, 0.29) is 6.04 Å². The molecule has 0 spiro atoms. The molecular formula is C11H16N6. The number of tetrazole rings is 1. The molecule has 0 aliphatic carbocycles. The Morgan fingerprint density at radius 3 is 2.82 bits per heavy atom. The van der Waals surface area contributed by atoms with Crippen molar-refractivity contribution in [3.63, 3.8) is 0 Å². The molecule has 2 rings (SSSR count). The zero-order valence-corrected chi connectivity index (χ0v) is 9.74. The molecule has 1 aromatic carbocycles. The van der Waals surface area contributed by atoms with Gasteiger partial charge < -0.3 is 11.1 Å². The summed E-state index contributed by atoms with van der Waals surface area (Å²) in [6.07, 6.45) is 0.877. The Morgan fingerprint density at radius 2 is 2.12 bits per heavy atom. The number of benzene rings is 1. The van der Waals surface area contributed by atoms with Gasteiger partial charge in [-0.05, 0) is 42.4 Å². The second-order valence-electron chi connectivity index (χ2n) is 3.87. The molecule has 90 valence electrons. The van der Waals surface area contributed by atoms with Crippen LogP contribution in [0.5, 0.6) is 0 Å². The summed E-state index contributed by atoms with van der Waals surface area (Å²) in [6, 6.07) is 10.0. The minimum atomic E-state index is 0.244. The van der Waals surface area contributed by atoms with E-state index in [2.05, 4.69) is 27.8 Å². The van der Waals surface area contributed by atoms with Gasteiger partial charge in [0, 0.05) is 6.04 Å². The first-order chi connectivity index (χ1) is 8.31. The van der Waals surface area contributed by atoms with Gasteiger partial charge in [-0.1, -0.05) is 23.3 Å². The summed E-state index contributed by atoms with van der Waals surface area (Å²) in [7, 11) is 0. The van der Waals surface area contributed by atoms with Crippen molar-refractivity contribution >= 4 is 5.95 Å². The van der Waals surface area contributed by atoms with E-state index < -0.39 is 0 Å². The Hall–Kier alpha value is -1.95. The zero-order valence-electron chi connectivity index (χ0n) is 9.74. The summed E-state index contributed by atoms with van der Waals surface area (Å²) in [5, 5.41) is 14.8. The van der Waals surface area contributed by atoms with Crippen LogP contribution < -0.4 is 11.1 Å². The van der Waals surface area contributed by atoms with Crippen LogP contribution in [0.4, 0.5) is 5.95 Å². The zero-order chi connectivity index (χ0) is 12.1. The van der Waals surface area contributed by atoms with Crippen LogP contribution in [0.15, 0.2) is 30.3 Å². The number of anilines is 1. The molecule has 0 aliphatic rings. The van der Waals surface area contributed by atoms with Crippen molar-refractivity contribution in [1.29, 1.82) is 0 Å². The van der Waals surface area contributed by atoms with Gasteiger partial charge in [0.2, 0.25) is 5.95 Å². The van der Waals surface area contributed by atoms with Crippen molar-refractivity contribution in [3.05, 3.63) is 30.3 Å². The molecule has 1 atom stereocenters. The number of nitrogens with zero attached hydrogens (tertiary/aromatic N) is 4. The lowest BCUT2D eigenvalue weighted by Crippen LogP contribution is -2.21. The fraction of sp³-hybridized carbons (Fsp3) is 0.364. The van der Waals surface area contributed by atoms with Crippen LogP contribution in [0.25, 0.3) is 5.69 Å². The van der Waals surface area contributed by atoms with Crippen LogP contribution in [0.1, 0.15) is 13.3 Å². The molecule has 0 radical (unpaired) electrons. The van der Waals surface area contributed by atoms with Crippen molar-refractivity contribution < 1.29 is 0 Å². The predicted octanol–water partition coefficient (Wildman–Crippen LogP) is 0.811. The number of aromatic nitrogens is 4. The van der Waals surface area contributed by atoms with Gasteiger partial charge in [-0.25, -0.2) is 0 Å². The van der Waals surface area contributed by atoms with E-state index >= 15 is 0 Å². The monoisotopic (exact) mass is 232 g/mol. The summed E-state index contributed by atoms with van der Waals surface area (Å²) in [5.41, 5.74) is 6.44. The van der Waals surface area contributed by atoms with E-state index in [0.29, 0.717) is 12.5 Å². The maximum absolute atomic E-state index is 5.51. The van der Waals surface area contributed by atoms with Gasteiger partial charge >= 0.3 is 0 Å². The molecule has 0 saturated carbocycles. The second kappa shape index (κ2) is 5.40. The lowest BCUT2D eigenvalue weighted by atomic mass is 10.2. The molecule has 1 aromatic heterocycles. The summed E-state index contributed by atoms with van der Waals surface area (Å²) in [5.74, 6) is 0.636. The summed E-state index contributed by atoms with van der Waals surface area (Å²) in [4.78, 5) is 0. The quantitative estimate of drug-likeness (QED) is 0.797. The summed E-state index contributed by atoms with van der Waals surface area (Å²) in [6.45, 7) is 2.69. The Balaban J connectivity index is 2.18. The third-order valence-electron chi connectivity index (χ3n) is 2.45. The van der Waals surface area contributed by atoms with Crippen molar-refractivity contribution in [3.8, 4) is 5.69 Å². The fourth-order valence-electron chi connectivity index (χ4n) is 1.56. The second-order valence-corrected chi connectivity index (χ2v) is 3.87. The molecule has 0 bridgehead atoms. The molecule has 3 N–H and O–H groups in total. The first kappa shape index (κ1) is 11.5. The van der Waals surface area contributed by atoms with E-state index in [1.165, 1.54) is 0 Å². The highest BCUT2D eigenvalue weighted by atomic mass is 15.6. The largest absolute Gasteiger partial charge is 0.350 e. The summed E-state index contributed by atoms with van der Waals surface area (Å²) < 4.78 is 1.67. The summed E-state index contributed by atoms with van der Waals surface area (Å²) >= 11 is 0. The molecule has 6 heteroatoms. The average molecular weight is 232 g/mol. The van der Waals surface area contributed by atoms with Gasteiger partial charge in [-0.15, -0.1) is 0 Å². The van der Waals surface area contributed by atoms with Crippen molar-refractivity contribution in [2.75, 3.05) is 11.9 Å². The maximum atomic E-state index is 5.51. The molecule has 17 heavy (non-hydrogen) atoms. The molecule has 1 unspecified atom stereocenters. The Morgan fingerprint density at radius 1 is 1.35 bits per heavy atom. The first-order valence-electron chi connectivity index (χ1n) is 5.61. The molecule has 0 fully saturated rings.